The molecule has 1 saturated heterocycles. The van der Waals surface area contributed by atoms with Crippen LogP contribution in [-0.2, 0) is 19.1 Å². The number of carbonyl (C=O) groups is 2. The fraction of sp³-hybridized carbons (Fsp3) is 0.800. The molecular weight excluding hydrogens is 214 g/mol. The number of carboxylic acids is 1. The summed E-state index contributed by atoms with van der Waals surface area (Å²) in [4.78, 5) is 21.9. The molecule has 1 aliphatic heterocycles. The largest absolute Gasteiger partial charge is 0.480 e. The van der Waals surface area contributed by atoms with Crippen molar-refractivity contribution in [2.24, 2.45) is 5.73 Å². The molecule has 0 radical (unpaired) electrons. The minimum absolute atomic E-state index is 0.143. The van der Waals surface area contributed by atoms with Gasteiger partial charge in [-0.25, -0.2) is 0 Å². The van der Waals surface area contributed by atoms with Gasteiger partial charge in [0, 0.05) is 19.4 Å². The summed E-state index contributed by atoms with van der Waals surface area (Å²) in [6.07, 6.45) is 0.560. The lowest BCUT2D eigenvalue weighted by molar-refractivity contribution is -0.140. The maximum absolute atomic E-state index is 11.5. The van der Waals surface area contributed by atoms with Gasteiger partial charge in [-0.15, -0.1) is 0 Å². The molecule has 0 bridgehead atoms. The molecule has 0 saturated carbocycles. The quantitative estimate of drug-likeness (QED) is 0.665. The molecule has 0 spiro atoms. The van der Waals surface area contributed by atoms with E-state index in [4.69, 9.17) is 20.3 Å². The van der Waals surface area contributed by atoms with Crippen LogP contribution < -0.4 is 5.73 Å². The zero-order valence-corrected chi connectivity index (χ0v) is 9.05. The second-order valence-corrected chi connectivity index (χ2v) is 3.79. The van der Waals surface area contributed by atoms with Crippen LogP contribution in [0.15, 0.2) is 0 Å². The fourth-order valence-corrected chi connectivity index (χ4v) is 1.50. The number of Topliss-reactive ketones (excluding diaryl/α,β-unsaturated/α-hetero) is 1. The van der Waals surface area contributed by atoms with Crippen LogP contribution in [-0.4, -0.2) is 48.8 Å². The highest BCUT2D eigenvalue weighted by atomic mass is 16.5. The third-order valence-corrected chi connectivity index (χ3v) is 2.39. The molecule has 1 fully saturated rings. The fourth-order valence-electron chi connectivity index (χ4n) is 1.50. The van der Waals surface area contributed by atoms with Crippen LogP contribution in [0.1, 0.15) is 19.3 Å². The van der Waals surface area contributed by atoms with E-state index in [9.17, 15) is 9.59 Å². The molecule has 1 rings (SSSR count). The van der Waals surface area contributed by atoms with Crippen molar-refractivity contribution < 1.29 is 24.2 Å². The minimum Gasteiger partial charge on any atom is -0.480 e. The van der Waals surface area contributed by atoms with E-state index >= 15 is 0 Å². The van der Waals surface area contributed by atoms with Crippen molar-refractivity contribution in [3.63, 3.8) is 0 Å². The lowest BCUT2D eigenvalue weighted by Crippen LogP contribution is -2.33. The van der Waals surface area contributed by atoms with E-state index in [1.54, 1.807) is 0 Å². The van der Waals surface area contributed by atoms with Gasteiger partial charge in [-0.05, 0) is 6.42 Å². The van der Waals surface area contributed by atoms with Gasteiger partial charge in [0.1, 0.15) is 11.8 Å². The molecule has 1 heterocycles. The number of carbonyl (C=O) groups excluding carboxylic acids is 1. The Morgan fingerprint density at radius 2 is 2.12 bits per heavy atom. The zero-order chi connectivity index (χ0) is 12.0. The molecule has 2 unspecified atom stereocenters. The first-order valence-electron chi connectivity index (χ1n) is 5.29. The van der Waals surface area contributed by atoms with Crippen LogP contribution in [0, 0.1) is 0 Å². The highest BCUT2D eigenvalue weighted by Crippen LogP contribution is 2.10. The normalized spacial score (nSPS) is 23.4. The van der Waals surface area contributed by atoms with E-state index in [1.165, 1.54) is 0 Å². The Morgan fingerprint density at radius 3 is 2.81 bits per heavy atom. The molecule has 1 aliphatic rings. The number of nitrogens with two attached hydrogens (primary N) is 1. The van der Waals surface area contributed by atoms with E-state index in [0.29, 0.717) is 26.2 Å². The van der Waals surface area contributed by atoms with Crippen molar-refractivity contribution in [1.82, 2.24) is 0 Å². The predicted octanol–water partition coefficient (Wildman–Crippen LogP) is -0.447. The van der Waals surface area contributed by atoms with Gasteiger partial charge in [0.05, 0.1) is 19.3 Å². The third-order valence-electron chi connectivity index (χ3n) is 2.39. The van der Waals surface area contributed by atoms with Gasteiger partial charge in [-0.1, -0.05) is 0 Å². The number of ketones is 1. The van der Waals surface area contributed by atoms with Crippen LogP contribution in [0.5, 0.6) is 0 Å². The molecule has 6 nitrogen and oxygen atoms in total. The average Bonchev–Trinajstić information content (AvgIpc) is 2.45. The Balaban J connectivity index is 2.29. The molecular formula is C10H17NO5. The van der Waals surface area contributed by atoms with Crippen LogP contribution >= 0.6 is 0 Å². The lowest BCUT2D eigenvalue weighted by atomic mass is 10.0. The van der Waals surface area contributed by atoms with Crippen molar-refractivity contribution in [3.8, 4) is 0 Å². The summed E-state index contributed by atoms with van der Waals surface area (Å²) in [7, 11) is 0. The van der Waals surface area contributed by atoms with Gasteiger partial charge in [-0.3, -0.25) is 9.59 Å². The highest BCUT2D eigenvalue weighted by molar-refractivity contribution is 5.85. The van der Waals surface area contributed by atoms with Crippen molar-refractivity contribution in [3.05, 3.63) is 0 Å². The first kappa shape index (κ1) is 13.1. The molecule has 92 valence electrons. The first-order chi connectivity index (χ1) is 7.59. The van der Waals surface area contributed by atoms with Gasteiger partial charge < -0.3 is 20.3 Å². The van der Waals surface area contributed by atoms with E-state index in [1.807, 2.05) is 0 Å². The van der Waals surface area contributed by atoms with E-state index in [0.717, 1.165) is 0 Å². The molecule has 0 aromatic heterocycles. The van der Waals surface area contributed by atoms with Crippen molar-refractivity contribution in [1.29, 1.82) is 0 Å². The Kier molecular flexibility index (Phi) is 5.37. The SMILES string of the molecule is NC(CC(=O)CC1CCOCCO1)C(=O)O. The van der Waals surface area contributed by atoms with Gasteiger partial charge in [0.25, 0.3) is 0 Å². The highest BCUT2D eigenvalue weighted by Gasteiger charge is 2.21. The maximum Gasteiger partial charge on any atom is 0.320 e. The third kappa shape index (κ3) is 4.69. The van der Waals surface area contributed by atoms with E-state index in [-0.39, 0.29) is 24.7 Å². The number of hydrogen-bond donors (Lipinski definition) is 2. The number of carboxylic acid groups (broad SMARTS) is 1. The van der Waals surface area contributed by atoms with Crippen LogP contribution in [0.3, 0.4) is 0 Å². The van der Waals surface area contributed by atoms with Gasteiger partial charge >= 0.3 is 5.97 Å². The standard InChI is InChI=1S/C10H17NO5/c11-9(10(13)14)6-7(12)5-8-1-2-15-3-4-16-8/h8-9H,1-6,11H2,(H,13,14). The Hall–Kier alpha value is -0.980. The molecule has 0 aromatic carbocycles. The van der Waals surface area contributed by atoms with Crippen LogP contribution in [0.25, 0.3) is 0 Å². The van der Waals surface area contributed by atoms with E-state index < -0.39 is 12.0 Å². The monoisotopic (exact) mass is 231 g/mol. The molecule has 0 aromatic rings. The number of ether oxygens (including phenoxy) is 2. The van der Waals surface area contributed by atoms with Gasteiger partial charge in [0.15, 0.2) is 0 Å². The summed E-state index contributed by atoms with van der Waals surface area (Å²) < 4.78 is 10.6. The zero-order valence-electron chi connectivity index (χ0n) is 9.05. The molecule has 3 N–H and O–H groups in total. The summed E-state index contributed by atoms with van der Waals surface area (Å²) in [5.74, 6) is -1.33. The Labute approximate surface area is 93.7 Å². The summed E-state index contributed by atoms with van der Waals surface area (Å²) in [5.41, 5.74) is 5.27. The van der Waals surface area contributed by atoms with Gasteiger partial charge in [-0.2, -0.15) is 0 Å². The smallest absolute Gasteiger partial charge is 0.320 e. The molecule has 2 atom stereocenters. The summed E-state index contributed by atoms with van der Waals surface area (Å²) in [6.45, 7) is 1.59. The molecule has 0 amide bonds. The summed E-state index contributed by atoms with van der Waals surface area (Å²) in [6, 6.07) is -1.12. The first-order valence-corrected chi connectivity index (χ1v) is 5.29. The average molecular weight is 231 g/mol. The lowest BCUT2D eigenvalue weighted by Gasteiger charge is -2.13. The number of aliphatic carboxylic acids is 1. The van der Waals surface area contributed by atoms with E-state index in [2.05, 4.69) is 0 Å². The maximum atomic E-state index is 11.5. The topological polar surface area (TPSA) is 98.9 Å². The second-order valence-electron chi connectivity index (χ2n) is 3.79. The minimum atomic E-state index is -1.15. The van der Waals surface area contributed by atoms with Gasteiger partial charge in [0.2, 0.25) is 0 Å². The summed E-state index contributed by atoms with van der Waals surface area (Å²) in [5, 5.41) is 8.55. The van der Waals surface area contributed by atoms with Crippen molar-refractivity contribution in [2.75, 3.05) is 19.8 Å². The van der Waals surface area contributed by atoms with Crippen molar-refractivity contribution >= 4 is 11.8 Å². The Bertz CT molecular complexity index is 248. The second kappa shape index (κ2) is 6.57. The molecule has 6 heteroatoms. The Morgan fingerprint density at radius 1 is 1.38 bits per heavy atom. The molecule has 16 heavy (non-hydrogen) atoms. The van der Waals surface area contributed by atoms with Crippen molar-refractivity contribution in [2.45, 2.75) is 31.4 Å². The number of hydrogen-bond acceptors (Lipinski definition) is 5. The van der Waals surface area contributed by atoms with Crippen LogP contribution in [0.2, 0.25) is 0 Å². The summed E-state index contributed by atoms with van der Waals surface area (Å²) >= 11 is 0. The van der Waals surface area contributed by atoms with Crippen LogP contribution in [0.4, 0.5) is 0 Å². The number of rotatable bonds is 5. The molecule has 0 aliphatic carbocycles. The predicted molar refractivity (Wildman–Crippen MR) is 55.0 cm³/mol.